The predicted octanol–water partition coefficient (Wildman–Crippen LogP) is 1.94. The van der Waals surface area contributed by atoms with E-state index in [9.17, 15) is 18.0 Å². The molecule has 124 valence electrons. The van der Waals surface area contributed by atoms with Crippen molar-refractivity contribution in [2.75, 3.05) is 17.6 Å². The number of pyridine rings is 2. The van der Waals surface area contributed by atoms with Crippen molar-refractivity contribution in [2.24, 2.45) is 0 Å². The van der Waals surface area contributed by atoms with Gasteiger partial charge in [-0.05, 0) is 17.5 Å². The molecule has 3 aromatic rings. The predicted molar refractivity (Wildman–Crippen MR) is 82.3 cm³/mol. The van der Waals surface area contributed by atoms with Crippen molar-refractivity contribution in [3.8, 4) is 11.3 Å². The molecule has 0 aliphatic carbocycles. The zero-order valence-corrected chi connectivity index (χ0v) is 12.1. The van der Waals surface area contributed by atoms with E-state index in [0.29, 0.717) is 16.6 Å². The largest absolute Gasteiger partial charge is 0.405 e. The van der Waals surface area contributed by atoms with Gasteiger partial charge in [-0.15, -0.1) is 0 Å². The number of aromatic nitrogens is 4. The Kier molecular flexibility index (Phi) is 3.80. The highest BCUT2D eigenvalue weighted by Crippen LogP contribution is 2.26. The lowest BCUT2D eigenvalue weighted by Crippen LogP contribution is -2.23. The molecular weight excluding hydrogens is 325 g/mol. The second-order valence-electron chi connectivity index (χ2n) is 4.93. The molecule has 4 N–H and O–H groups in total. The lowest BCUT2D eigenvalue weighted by atomic mass is 10.1. The van der Waals surface area contributed by atoms with E-state index < -0.39 is 18.3 Å². The van der Waals surface area contributed by atoms with Crippen LogP contribution in [0.4, 0.5) is 24.9 Å². The number of H-pyrrole nitrogens is 1. The molecule has 3 rings (SSSR count). The molecule has 0 aliphatic rings. The van der Waals surface area contributed by atoms with Gasteiger partial charge in [0.05, 0.1) is 11.1 Å². The van der Waals surface area contributed by atoms with E-state index in [4.69, 9.17) is 5.73 Å². The summed E-state index contributed by atoms with van der Waals surface area (Å²) in [4.78, 5) is 26.1. The number of halogens is 3. The standard InChI is InChI=1S/C14H11F3N6O/c15-14(16,17)6-22-11-10-7(1-2-19-12(10)24)3-9(23-11)8-4-20-13(18)21-5-8/h1-5H,6H2,(H,19,24)(H,22,23)(H2,18,20,21). The molecule has 0 bridgehead atoms. The molecule has 0 saturated carbocycles. The molecule has 0 aromatic carbocycles. The summed E-state index contributed by atoms with van der Waals surface area (Å²) in [6.45, 7) is -1.31. The highest BCUT2D eigenvalue weighted by atomic mass is 19.4. The van der Waals surface area contributed by atoms with Gasteiger partial charge in [-0.1, -0.05) is 0 Å². The van der Waals surface area contributed by atoms with E-state index in [0.717, 1.165) is 0 Å². The Balaban J connectivity index is 2.15. The van der Waals surface area contributed by atoms with Crippen LogP contribution in [0.25, 0.3) is 22.0 Å². The number of aromatic amines is 1. The molecule has 0 spiro atoms. The Morgan fingerprint density at radius 1 is 1.25 bits per heavy atom. The van der Waals surface area contributed by atoms with Crippen LogP contribution in [0.15, 0.2) is 35.5 Å². The summed E-state index contributed by atoms with van der Waals surface area (Å²) in [6, 6.07) is 3.14. The van der Waals surface area contributed by atoms with Crippen LogP contribution >= 0.6 is 0 Å². The van der Waals surface area contributed by atoms with Crippen LogP contribution in [0.1, 0.15) is 0 Å². The molecule has 0 aliphatic heterocycles. The smallest absolute Gasteiger partial charge is 0.368 e. The first-order valence-electron chi connectivity index (χ1n) is 6.74. The van der Waals surface area contributed by atoms with Crippen molar-refractivity contribution < 1.29 is 13.2 Å². The SMILES string of the molecule is Nc1ncc(-c2cc3cc[nH]c(=O)c3c(NCC(F)(F)F)n2)cn1. The Morgan fingerprint density at radius 2 is 1.96 bits per heavy atom. The number of nitrogen functional groups attached to an aromatic ring is 1. The van der Waals surface area contributed by atoms with Crippen molar-refractivity contribution in [1.29, 1.82) is 0 Å². The van der Waals surface area contributed by atoms with E-state index in [1.165, 1.54) is 18.6 Å². The molecule has 7 nitrogen and oxygen atoms in total. The number of nitrogens with two attached hydrogens (primary N) is 1. The molecule has 0 atom stereocenters. The lowest BCUT2D eigenvalue weighted by molar-refractivity contribution is -0.115. The molecule has 0 saturated heterocycles. The molecule has 3 heterocycles. The number of hydrogen-bond donors (Lipinski definition) is 3. The van der Waals surface area contributed by atoms with Crippen LogP contribution in [-0.2, 0) is 0 Å². The summed E-state index contributed by atoms with van der Waals surface area (Å²) >= 11 is 0. The Morgan fingerprint density at radius 3 is 2.62 bits per heavy atom. The Hall–Kier alpha value is -3.17. The molecule has 24 heavy (non-hydrogen) atoms. The number of alkyl halides is 3. The first-order chi connectivity index (χ1) is 11.3. The summed E-state index contributed by atoms with van der Waals surface area (Å²) in [5, 5.41) is 2.65. The third-order valence-electron chi connectivity index (χ3n) is 3.18. The Bertz CT molecular complexity index is 936. The van der Waals surface area contributed by atoms with Gasteiger partial charge in [-0.25, -0.2) is 15.0 Å². The monoisotopic (exact) mass is 336 g/mol. The van der Waals surface area contributed by atoms with E-state index in [-0.39, 0.29) is 17.2 Å². The van der Waals surface area contributed by atoms with Gasteiger partial charge in [0.25, 0.3) is 5.56 Å². The average molecular weight is 336 g/mol. The van der Waals surface area contributed by atoms with E-state index >= 15 is 0 Å². The van der Waals surface area contributed by atoms with Crippen LogP contribution in [-0.4, -0.2) is 32.7 Å². The van der Waals surface area contributed by atoms with Crippen LogP contribution in [0.2, 0.25) is 0 Å². The van der Waals surface area contributed by atoms with Crippen molar-refractivity contribution >= 4 is 22.5 Å². The zero-order valence-electron chi connectivity index (χ0n) is 12.1. The fourth-order valence-corrected chi connectivity index (χ4v) is 2.14. The second kappa shape index (κ2) is 5.80. The Labute approximate surface area is 132 Å². The zero-order chi connectivity index (χ0) is 17.3. The fourth-order valence-electron chi connectivity index (χ4n) is 2.14. The fraction of sp³-hybridized carbons (Fsp3) is 0.143. The van der Waals surface area contributed by atoms with Gasteiger partial charge in [0.2, 0.25) is 5.95 Å². The van der Waals surface area contributed by atoms with Crippen molar-refractivity contribution in [3.05, 3.63) is 41.1 Å². The van der Waals surface area contributed by atoms with Gasteiger partial charge in [0.15, 0.2) is 0 Å². The van der Waals surface area contributed by atoms with Gasteiger partial charge in [0, 0.05) is 24.2 Å². The molecule has 0 unspecified atom stereocenters. The second-order valence-corrected chi connectivity index (χ2v) is 4.93. The van der Waals surface area contributed by atoms with Crippen molar-refractivity contribution in [2.45, 2.75) is 6.18 Å². The number of rotatable bonds is 3. The molecular formula is C14H11F3N6O. The van der Waals surface area contributed by atoms with Gasteiger partial charge < -0.3 is 16.0 Å². The number of fused-ring (bicyclic) bond motifs is 1. The molecule has 0 radical (unpaired) electrons. The number of nitrogens with zero attached hydrogens (tertiary/aromatic N) is 3. The number of nitrogens with one attached hydrogen (secondary N) is 2. The summed E-state index contributed by atoms with van der Waals surface area (Å²) in [5.74, 6) is -0.107. The van der Waals surface area contributed by atoms with Gasteiger partial charge in [0.1, 0.15) is 12.4 Å². The number of anilines is 2. The topological polar surface area (TPSA) is 110 Å². The number of hydrogen-bond acceptors (Lipinski definition) is 6. The quantitative estimate of drug-likeness (QED) is 0.674. The van der Waals surface area contributed by atoms with Crippen molar-refractivity contribution in [3.63, 3.8) is 0 Å². The van der Waals surface area contributed by atoms with Gasteiger partial charge >= 0.3 is 6.18 Å². The average Bonchev–Trinajstić information content (AvgIpc) is 2.52. The first-order valence-corrected chi connectivity index (χ1v) is 6.74. The van der Waals surface area contributed by atoms with Crippen LogP contribution < -0.4 is 16.6 Å². The first kappa shape index (κ1) is 15.7. The molecule has 0 fully saturated rings. The minimum absolute atomic E-state index is 0.0434. The maximum absolute atomic E-state index is 12.5. The summed E-state index contributed by atoms with van der Waals surface area (Å²) < 4.78 is 37.5. The molecule has 3 aromatic heterocycles. The highest BCUT2D eigenvalue weighted by molar-refractivity contribution is 5.93. The summed E-state index contributed by atoms with van der Waals surface area (Å²) in [7, 11) is 0. The minimum Gasteiger partial charge on any atom is -0.368 e. The molecule has 10 heteroatoms. The maximum atomic E-state index is 12.5. The third-order valence-corrected chi connectivity index (χ3v) is 3.18. The minimum atomic E-state index is -4.45. The van der Waals surface area contributed by atoms with Crippen LogP contribution in [0.5, 0.6) is 0 Å². The third kappa shape index (κ3) is 3.26. The van der Waals surface area contributed by atoms with E-state index in [1.807, 2.05) is 0 Å². The summed E-state index contributed by atoms with van der Waals surface area (Å²) in [6.07, 6.45) is -0.244. The maximum Gasteiger partial charge on any atom is 0.405 e. The summed E-state index contributed by atoms with van der Waals surface area (Å²) in [5.41, 5.74) is 5.66. The van der Waals surface area contributed by atoms with E-state index in [1.54, 1.807) is 12.1 Å². The van der Waals surface area contributed by atoms with Crippen molar-refractivity contribution in [1.82, 2.24) is 19.9 Å². The van der Waals surface area contributed by atoms with Crippen LogP contribution in [0, 0.1) is 0 Å². The normalized spacial score (nSPS) is 11.6. The van der Waals surface area contributed by atoms with Gasteiger partial charge in [-0.3, -0.25) is 4.79 Å². The lowest BCUT2D eigenvalue weighted by Gasteiger charge is -2.12. The van der Waals surface area contributed by atoms with E-state index in [2.05, 4.69) is 25.3 Å². The molecule has 0 amide bonds. The van der Waals surface area contributed by atoms with Crippen LogP contribution in [0.3, 0.4) is 0 Å². The van der Waals surface area contributed by atoms with Gasteiger partial charge in [-0.2, -0.15) is 13.2 Å². The highest BCUT2D eigenvalue weighted by Gasteiger charge is 2.27.